The minimum atomic E-state index is -0.183. The molecule has 0 fully saturated rings. The number of aromatic nitrogens is 1. The smallest absolute Gasteiger partial charge is 0.231 e. The molecule has 0 bridgehead atoms. The Morgan fingerprint density at radius 3 is 2.74 bits per heavy atom. The van der Waals surface area contributed by atoms with E-state index in [0.29, 0.717) is 6.42 Å². The molecule has 2 aromatic carbocycles. The predicted molar refractivity (Wildman–Crippen MR) is 117 cm³/mol. The summed E-state index contributed by atoms with van der Waals surface area (Å²) in [5.74, 6) is 1.89. The van der Waals surface area contributed by atoms with E-state index in [4.69, 9.17) is 9.47 Å². The summed E-state index contributed by atoms with van der Waals surface area (Å²) in [6, 6.07) is 18.2. The summed E-state index contributed by atoms with van der Waals surface area (Å²) < 4.78 is 11.0. The van der Waals surface area contributed by atoms with E-state index in [-0.39, 0.29) is 24.5 Å². The van der Waals surface area contributed by atoms with Crippen molar-refractivity contribution in [1.82, 2.24) is 4.98 Å². The minimum Gasteiger partial charge on any atom is -0.454 e. The number of pyridine rings is 1. The molecule has 0 saturated carbocycles. The number of nitrogens with zero attached hydrogens (tertiary/aromatic N) is 1. The molecular formula is C26H22N2O3. The lowest BCUT2D eigenvalue weighted by Gasteiger charge is -2.30. The SMILES string of the molecule is O=C1CC(c2ccc3c(c2)OCO3)CC2=C1C(c1cccnc1)Nc1ccccc1C2. The van der Waals surface area contributed by atoms with E-state index in [1.807, 2.05) is 36.5 Å². The van der Waals surface area contributed by atoms with Gasteiger partial charge in [0, 0.05) is 30.1 Å². The fourth-order valence-corrected chi connectivity index (χ4v) is 5.02. The molecule has 2 aliphatic heterocycles. The van der Waals surface area contributed by atoms with E-state index in [1.165, 1.54) is 11.1 Å². The Balaban J connectivity index is 1.43. The lowest BCUT2D eigenvalue weighted by atomic mass is 9.75. The minimum absolute atomic E-state index is 0.139. The van der Waals surface area contributed by atoms with E-state index in [9.17, 15) is 4.79 Å². The summed E-state index contributed by atoms with van der Waals surface area (Å²) in [6.45, 7) is 0.257. The Bertz CT molecular complexity index is 1200. The van der Waals surface area contributed by atoms with Gasteiger partial charge < -0.3 is 14.8 Å². The van der Waals surface area contributed by atoms with Gasteiger partial charge in [0.2, 0.25) is 6.79 Å². The summed E-state index contributed by atoms with van der Waals surface area (Å²) >= 11 is 0. The molecule has 5 nitrogen and oxygen atoms in total. The zero-order valence-corrected chi connectivity index (χ0v) is 17.0. The van der Waals surface area contributed by atoms with Crippen LogP contribution in [0.15, 0.2) is 78.1 Å². The van der Waals surface area contributed by atoms with E-state index in [0.717, 1.165) is 46.7 Å². The maximum atomic E-state index is 13.6. The molecule has 31 heavy (non-hydrogen) atoms. The van der Waals surface area contributed by atoms with Crippen LogP contribution in [0.25, 0.3) is 0 Å². The van der Waals surface area contributed by atoms with Crippen LogP contribution in [0.5, 0.6) is 11.5 Å². The van der Waals surface area contributed by atoms with Crippen LogP contribution in [0.2, 0.25) is 0 Å². The molecule has 5 heteroatoms. The molecule has 1 aliphatic carbocycles. The van der Waals surface area contributed by atoms with Crippen LogP contribution in [0.1, 0.15) is 41.5 Å². The summed E-state index contributed by atoms with van der Waals surface area (Å²) in [4.78, 5) is 17.9. The first-order chi connectivity index (χ1) is 15.3. The Labute approximate surface area is 180 Å². The monoisotopic (exact) mass is 410 g/mol. The second-order valence-corrected chi connectivity index (χ2v) is 8.36. The Morgan fingerprint density at radius 1 is 0.935 bits per heavy atom. The van der Waals surface area contributed by atoms with E-state index < -0.39 is 0 Å². The Morgan fingerprint density at radius 2 is 1.84 bits per heavy atom. The Hall–Kier alpha value is -3.60. The van der Waals surface area contributed by atoms with Crippen molar-refractivity contribution in [1.29, 1.82) is 0 Å². The second-order valence-electron chi connectivity index (χ2n) is 8.36. The van der Waals surface area contributed by atoms with Crippen LogP contribution in [-0.2, 0) is 11.2 Å². The van der Waals surface area contributed by atoms with Crippen molar-refractivity contribution in [2.24, 2.45) is 0 Å². The van der Waals surface area contributed by atoms with Crippen molar-refractivity contribution in [2.45, 2.75) is 31.2 Å². The molecule has 1 N–H and O–H groups in total. The van der Waals surface area contributed by atoms with Gasteiger partial charge in [0.05, 0.1) is 6.04 Å². The first-order valence-corrected chi connectivity index (χ1v) is 10.7. The normalized spacial score (nSPS) is 21.7. The van der Waals surface area contributed by atoms with Crippen molar-refractivity contribution in [3.05, 3.63) is 94.8 Å². The number of hydrogen-bond donors (Lipinski definition) is 1. The third-order valence-electron chi connectivity index (χ3n) is 6.50. The van der Waals surface area contributed by atoms with Crippen LogP contribution < -0.4 is 14.8 Å². The fourth-order valence-electron chi connectivity index (χ4n) is 5.02. The second kappa shape index (κ2) is 7.27. The summed E-state index contributed by atoms with van der Waals surface area (Å²) in [6.07, 6.45) is 5.75. The molecule has 6 rings (SSSR count). The molecule has 154 valence electrons. The van der Waals surface area contributed by atoms with Crippen LogP contribution in [-0.4, -0.2) is 17.6 Å². The molecular weight excluding hydrogens is 388 g/mol. The zero-order chi connectivity index (χ0) is 20.8. The average Bonchev–Trinajstić information content (AvgIpc) is 3.20. The van der Waals surface area contributed by atoms with Gasteiger partial charge in [-0.25, -0.2) is 0 Å². The molecule has 2 unspecified atom stereocenters. The van der Waals surface area contributed by atoms with Gasteiger partial charge >= 0.3 is 0 Å². The largest absolute Gasteiger partial charge is 0.454 e. The summed E-state index contributed by atoms with van der Waals surface area (Å²) in [5, 5.41) is 3.64. The van der Waals surface area contributed by atoms with Crippen molar-refractivity contribution < 1.29 is 14.3 Å². The molecule has 0 radical (unpaired) electrons. The Kier molecular flexibility index (Phi) is 4.27. The highest BCUT2D eigenvalue weighted by molar-refractivity contribution is 6.00. The number of carbonyl (C=O) groups is 1. The first-order valence-electron chi connectivity index (χ1n) is 10.7. The topological polar surface area (TPSA) is 60.5 Å². The maximum absolute atomic E-state index is 13.6. The van der Waals surface area contributed by atoms with Crippen molar-refractivity contribution in [3.63, 3.8) is 0 Å². The number of allylic oxidation sites excluding steroid dienone is 1. The number of anilines is 1. The molecule has 3 aromatic rings. The van der Waals surface area contributed by atoms with Crippen LogP contribution in [0.3, 0.4) is 0 Å². The predicted octanol–water partition coefficient (Wildman–Crippen LogP) is 4.96. The summed E-state index contributed by atoms with van der Waals surface area (Å²) in [7, 11) is 0. The van der Waals surface area contributed by atoms with E-state index in [1.54, 1.807) is 6.20 Å². The number of rotatable bonds is 2. The number of ether oxygens (including phenoxy) is 2. The zero-order valence-electron chi connectivity index (χ0n) is 17.0. The first kappa shape index (κ1) is 18.2. The van der Waals surface area contributed by atoms with Crippen LogP contribution in [0.4, 0.5) is 5.69 Å². The highest BCUT2D eigenvalue weighted by atomic mass is 16.7. The molecule has 0 saturated heterocycles. The number of Topliss-reactive ketones (excluding diaryl/α,β-unsaturated/α-hetero) is 1. The van der Waals surface area contributed by atoms with Gasteiger partial charge in [-0.1, -0.05) is 35.9 Å². The lowest BCUT2D eigenvalue weighted by molar-refractivity contribution is -0.116. The lowest BCUT2D eigenvalue weighted by Crippen LogP contribution is -2.25. The van der Waals surface area contributed by atoms with Gasteiger partial charge in [-0.05, 0) is 59.7 Å². The number of nitrogens with one attached hydrogen (secondary N) is 1. The quantitative estimate of drug-likeness (QED) is 0.647. The molecule has 3 aliphatic rings. The highest BCUT2D eigenvalue weighted by Crippen LogP contribution is 2.45. The molecule has 2 atom stereocenters. The molecule has 0 spiro atoms. The van der Waals surface area contributed by atoms with Gasteiger partial charge in [-0.2, -0.15) is 0 Å². The molecule has 3 heterocycles. The van der Waals surface area contributed by atoms with Crippen molar-refractivity contribution in [2.75, 3.05) is 12.1 Å². The number of ketones is 1. The van der Waals surface area contributed by atoms with Crippen molar-refractivity contribution >= 4 is 11.5 Å². The van der Waals surface area contributed by atoms with Gasteiger partial charge in [-0.15, -0.1) is 0 Å². The van der Waals surface area contributed by atoms with Gasteiger partial charge in [-0.3, -0.25) is 9.78 Å². The van der Waals surface area contributed by atoms with E-state index >= 15 is 0 Å². The van der Waals surface area contributed by atoms with Crippen molar-refractivity contribution in [3.8, 4) is 11.5 Å². The number of benzene rings is 2. The molecule has 1 aromatic heterocycles. The van der Waals surface area contributed by atoms with Crippen LogP contribution in [0, 0.1) is 0 Å². The van der Waals surface area contributed by atoms with Gasteiger partial charge in [0.1, 0.15) is 0 Å². The third kappa shape index (κ3) is 3.17. The molecule has 0 amide bonds. The third-order valence-corrected chi connectivity index (χ3v) is 6.50. The number of para-hydroxylation sites is 1. The number of fused-ring (bicyclic) bond motifs is 2. The maximum Gasteiger partial charge on any atom is 0.231 e. The van der Waals surface area contributed by atoms with Gasteiger partial charge in [0.15, 0.2) is 17.3 Å². The van der Waals surface area contributed by atoms with E-state index in [2.05, 4.69) is 34.6 Å². The number of hydrogen-bond acceptors (Lipinski definition) is 5. The number of carbonyl (C=O) groups excluding carboxylic acids is 1. The average molecular weight is 410 g/mol. The summed E-state index contributed by atoms with van der Waals surface area (Å²) in [5.41, 5.74) is 6.57. The standard InChI is InChI=1S/C26H22N2O3/c29-22-12-19(16-7-8-23-24(13-16)31-15-30-23)11-20-10-17-4-1-2-6-21(17)28-26(25(20)22)18-5-3-9-27-14-18/h1-9,13-14,19,26,28H,10-12,15H2. The van der Waals surface area contributed by atoms with Crippen LogP contribution >= 0.6 is 0 Å². The van der Waals surface area contributed by atoms with Gasteiger partial charge in [0.25, 0.3) is 0 Å². The highest BCUT2D eigenvalue weighted by Gasteiger charge is 2.36. The fraction of sp³-hybridized carbons (Fsp3) is 0.231.